The molecule has 1 aliphatic rings. The van der Waals surface area contributed by atoms with E-state index < -0.39 is 0 Å². The van der Waals surface area contributed by atoms with E-state index in [9.17, 15) is 0 Å². The Morgan fingerprint density at radius 1 is 1.36 bits per heavy atom. The third kappa shape index (κ3) is 3.45. The first-order valence-electron chi connectivity index (χ1n) is 5.41. The van der Waals surface area contributed by atoms with Gasteiger partial charge in [0, 0.05) is 13.1 Å². The van der Waals surface area contributed by atoms with Crippen LogP contribution in [0.15, 0.2) is 0 Å². The Labute approximate surface area is 92.8 Å². The van der Waals surface area contributed by atoms with E-state index >= 15 is 0 Å². The second kappa shape index (κ2) is 4.47. The van der Waals surface area contributed by atoms with Crippen LogP contribution >= 0.6 is 12.2 Å². The van der Waals surface area contributed by atoms with Gasteiger partial charge >= 0.3 is 0 Å². The van der Waals surface area contributed by atoms with Crippen LogP contribution in [0, 0.1) is 11.3 Å². The molecule has 0 amide bonds. The highest BCUT2D eigenvalue weighted by molar-refractivity contribution is 7.80. The van der Waals surface area contributed by atoms with Crippen molar-refractivity contribution in [1.82, 2.24) is 10.6 Å². The molecular formula is C11H22N2S. The van der Waals surface area contributed by atoms with Crippen molar-refractivity contribution in [3.05, 3.63) is 0 Å². The van der Waals surface area contributed by atoms with E-state index in [2.05, 4.69) is 31.4 Å². The molecule has 2 N–H and O–H groups in total. The summed E-state index contributed by atoms with van der Waals surface area (Å²) in [6, 6.07) is 0.550. The minimum atomic E-state index is 0.457. The van der Waals surface area contributed by atoms with E-state index in [1.807, 2.05) is 7.05 Å². The van der Waals surface area contributed by atoms with Crippen molar-refractivity contribution < 1.29 is 0 Å². The summed E-state index contributed by atoms with van der Waals surface area (Å²) in [6.45, 7) is 7.03. The molecule has 0 aromatic carbocycles. The quantitative estimate of drug-likeness (QED) is 0.655. The highest BCUT2D eigenvalue weighted by Gasteiger charge is 2.31. The molecule has 0 radical (unpaired) electrons. The molecule has 2 unspecified atom stereocenters. The molecule has 0 saturated heterocycles. The molecule has 1 aliphatic carbocycles. The van der Waals surface area contributed by atoms with E-state index in [1.165, 1.54) is 19.3 Å². The monoisotopic (exact) mass is 214 g/mol. The lowest BCUT2D eigenvalue weighted by molar-refractivity contribution is 0.161. The largest absolute Gasteiger partial charge is 0.366 e. The average molecular weight is 214 g/mol. The zero-order chi connectivity index (χ0) is 10.8. The van der Waals surface area contributed by atoms with E-state index in [-0.39, 0.29) is 0 Å². The van der Waals surface area contributed by atoms with Crippen LogP contribution in [-0.4, -0.2) is 18.2 Å². The van der Waals surface area contributed by atoms with Crippen LogP contribution in [0.2, 0.25) is 0 Å². The van der Waals surface area contributed by atoms with Crippen LogP contribution in [-0.2, 0) is 0 Å². The Morgan fingerprint density at radius 3 is 2.50 bits per heavy atom. The molecular weight excluding hydrogens is 192 g/mol. The predicted octanol–water partition coefficient (Wildman–Crippen LogP) is 2.30. The van der Waals surface area contributed by atoms with Crippen molar-refractivity contribution in [3.8, 4) is 0 Å². The zero-order valence-electron chi connectivity index (χ0n) is 9.68. The first-order valence-corrected chi connectivity index (χ1v) is 5.82. The van der Waals surface area contributed by atoms with Crippen LogP contribution in [0.1, 0.15) is 40.0 Å². The van der Waals surface area contributed by atoms with Crippen LogP contribution in [0.25, 0.3) is 0 Å². The topological polar surface area (TPSA) is 24.1 Å². The Balaban J connectivity index is 2.50. The van der Waals surface area contributed by atoms with Crippen molar-refractivity contribution in [3.63, 3.8) is 0 Å². The molecule has 0 aromatic heterocycles. The van der Waals surface area contributed by atoms with Crippen molar-refractivity contribution in [2.45, 2.75) is 46.1 Å². The molecule has 0 bridgehead atoms. The minimum Gasteiger partial charge on any atom is -0.366 e. The van der Waals surface area contributed by atoms with Crippen LogP contribution < -0.4 is 10.6 Å². The van der Waals surface area contributed by atoms with Gasteiger partial charge in [-0.2, -0.15) is 0 Å². The van der Waals surface area contributed by atoms with Gasteiger partial charge in [0.15, 0.2) is 5.11 Å². The maximum absolute atomic E-state index is 5.13. The molecule has 1 fully saturated rings. The number of hydrogen-bond acceptors (Lipinski definition) is 1. The molecule has 1 saturated carbocycles. The van der Waals surface area contributed by atoms with Crippen molar-refractivity contribution >= 4 is 17.3 Å². The maximum atomic E-state index is 5.13. The van der Waals surface area contributed by atoms with Gasteiger partial charge in [0.05, 0.1) is 0 Å². The lowest BCUT2D eigenvalue weighted by Gasteiger charge is -2.39. The molecule has 2 atom stereocenters. The van der Waals surface area contributed by atoms with Crippen LogP contribution in [0.5, 0.6) is 0 Å². The van der Waals surface area contributed by atoms with Gasteiger partial charge in [0.25, 0.3) is 0 Å². The summed E-state index contributed by atoms with van der Waals surface area (Å²) in [7, 11) is 1.87. The number of rotatable bonds is 1. The van der Waals surface area contributed by atoms with E-state index in [0.717, 1.165) is 11.0 Å². The fourth-order valence-electron chi connectivity index (χ4n) is 2.71. The molecule has 14 heavy (non-hydrogen) atoms. The van der Waals surface area contributed by atoms with Crippen molar-refractivity contribution in [1.29, 1.82) is 0 Å². The molecule has 82 valence electrons. The van der Waals surface area contributed by atoms with Crippen molar-refractivity contribution in [2.75, 3.05) is 7.05 Å². The standard InChI is InChI=1S/C11H22N2S/c1-8-5-9(13-10(14)12-4)7-11(2,3)6-8/h8-9H,5-7H2,1-4H3,(H2,12,13,14). The highest BCUT2D eigenvalue weighted by Crippen LogP contribution is 2.38. The van der Waals surface area contributed by atoms with Gasteiger partial charge in [-0.25, -0.2) is 0 Å². The highest BCUT2D eigenvalue weighted by atomic mass is 32.1. The number of nitrogens with one attached hydrogen (secondary N) is 2. The summed E-state index contributed by atoms with van der Waals surface area (Å²) in [6.07, 6.45) is 3.79. The van der Waals surface area contributed by atoms with Gasteiger partial charge in [0.2, 0.25) is 0 Å². The Morgan fingerprint density at radius 2 is 2.00 bits per heavy atom. The second-order valence-corrected chi connectivity index (χ2v) is 5.74. The van der Waals surface area contributed by atoms with Crippen molar-refractivity contribution in [2.24, 2.45) is 11.3 Å². The molecule has 1 rings (SSSR count). The SMILES string of the molecule is CNC(=S)NC1CC(C)CC(C)(C)C1. The number of hydrogen-bond donors (Lipinski definition) is 2. The van der Waals surface area contributed by atoms with Gasteiger partial charge in [-0.05, 0) is 42.8 Å². The fourth-order valence-corrected chi connectivity index (χ4v) is 2.88. The zero-order valence-corrected chi connectivity index (χ0v) is 10.5. The molecule has 0 heterocycles. The Hall–Kier alpha value is -0.310. The predicted molar refractivity (Wildman–Crippen MR) is 65.4 cm³/mol. The molecule has 0 aromatic rings. The maximum Gasteiger partial charge on any atom is 0.166 e. The fraction of sp³-hybridized carbons (Fsp3) is 0.909. The van der Waals surface area contributed by atoms with Gasteiger partial charge in [-0.15, -0.1) is 0 Å². The van der Waals surface area contributed by atoms with Crippen LogP contribution in [0.3, 0.4) is 0 Å². The lowest BCUT2D eigenvalue weighted by Crippen LogP contribution is -2.45. The Bertz CT molecular complexity index is 213. The van der Waals surface area contributed by atoms with Gasteiger partial charge in [-0.1, -0.05) is 20.8 Å². The normalized spacial score (nSPS) is 30.9. The third-order valence-corrected chi connectivity index (χ3v) is 3.27. The number of thiocarbonyl (C=S) groups is 1. The minimum absolute atomic E-state index is 0.457. The molecule has 0 aliphatic heterocycles. The van der Waals surface area contributed by atoms with Gasteiger partial charge in [0.1, 0.15) is 0 Å². The third-order valence-electron chi connectivity index (χ3n) is 2.95. The molecule has 3 heteroatoms. The van der Waals surface area contributed by atoms with E-state index in [1.54, 1.807) is 0 Å². The van der Waals surface area contributed by atoms with Gasteiger partial charge < -0.3 is 10.6 Å². The van der Waals surface area contributed by atoms with E-state index in [0.29, 0.717) is 11.5 Å². The van der Waals surface area contributed by atoms with Gasteiger partial charge in [-0.3, -0.25) is 0 Å². The summed E-state index contributed by atoms with van der Waals surface area (Å²) in [5.74, 6) is 0.802. The summed E-state index contributed by atoms with van der Waals surface area (Å²) in [4.78, 5) is 0. The summed E-state index contributed by atoms with van der Waals surface area (Å²) < 4.78 is 0. The summed E-state index contributed by atoms with van der Waals surface area (Å²) in [5, 5.41) is 7.13. The van der Waals surface area contributed by atoms with E-state index in [4.69, 9.17) is 12.2 Å². The summed E-state index contributed by atoms with van der Waals surface area (Å²) >= 11 is 5.13. The summed E-state index contributed by atoms with van der Waals surface area (Å²) in [5.41, 5.74) is 0.457. The molecule has 2 nitrogen and oxygen atoms in total. The van der Waals surface area contributed by atoms with Crippen LogP contribution in [0.4, 0.5) is 0 Å². The first kappa shape index (κ1) is 11.8. The smallest absolute Gasteiger partial charge is 0.166 e. The second-order valence-electron chi connectivity index (χ2n) is 5.33. The Kier molecular flexibility index (Phi) is 3.76. The average Bonchev–Trinajstić information content (AvgIpc) is 1.99. The lowest BCUT2D eigenvalue weighted by atomic mass is 9.71. The first-order chi connectivity index (χ1) is 6.43. The molecule has 0 spiro atoms.